The molecule has 7 rings (SSSR count). The summed E-state index contributed by atoms with van der Waals surface area (Å²) in [7, 11) is 0. The van der Waals surface area contributed by atoms with Gasteiger partial charge in [-0.3, -0.25) is 0 Å². The van der Waals surface area contributed by atoms with Crippen LogP contribution in [0.3, 0.4) is 0 Å². The van der Waals surface area contributed by atoms with Gasteiger partial charge in [0.1, 0.15) is 39.0 Å². The first-order chi connectivity index (χ1) is 13.1. The van der Waals surface area contributed by atoms with E-state index in [0.29, 0.717) is 0 Å². The fourth-order valence-corrected chi connectivity index (χ4v) is 15.6. The van der Waals surface area contributed by atoms with E-state index in [1.54, 1.807) is 24.3 Å². The first-order valence-corrected chi connectivity index (χ1v) is 12.2. The van der Waals surface area contributed by atoms with Crippen LogP contribution in [0.15, 0.2) is 30.3 Å². The maximum Gasteiger partial charge on any atom is 0.212 e. The van der Waals surface area contributed by atoms with Gasteiger partial charge >= 0.3 is 0 Å². The molecule has 0 amide bonds. The van der Waals surface area contributed by atoms with Crippen molar-refractivity contribution in [1.29, 1.82) is 0 Å². The van der Waals surface area contributed by atoms with Crippen molar-refractivity contribution in [2.45, 2.75) is 55.7 Å². The van der Waals surface area contributed by atoms with E-state index in [4.69, 9.17) is 121 Å². The summed E-state index contributed by atoms with van der Waals surface area (Å²) in [6, 6.07) is 9.01. The lowest BCUT2D eigenvalue weighted by molar-refractivity contribution is -0.243. The van der Waals surface area contributed by atoms with Crippen LogP contribution >= 0.6 is 116 Å². The molecule has 5 unspecified atom stereocenters. The minimum Gasteiger partial charge on any atom is -0.362 e. The van der Waals surface area contributed by atoms with Gasteiger partial charge in [-0.25, -0.2) is 0 Å². The molecule has 0 spiro atoms. The third-order valence-electron chi connectivity index (χ3n) is 7.84. The molecule has 2 nitrogen and oxygen atoms in total. The molecule has 6 saturated carbocycles. The van der Waals surface area contributed by atoms with E-state index in [1.807, 2.05) is 6.07 Å². The van der Waals surface area contributed by atoms with Crippen LogP contribution in [0.5, 0.6) is 0 Å². The van der Waals surface area contributed by atoms with Gasteiger partial charge in [0.05, 0.1) is 6.61 Å². The fraction of sp³-hybridized carbons (Fsp3) is 0.647. The molecule has 1 N–H and O–H groups in total. The molecule has 0 aliphatic heterocycles. The summed E-state index contributed by atoms with van der Waals surface area (Å²) in [5.74, 6) is -2.41. The first-order valence-electron chi connectivity index (χ1n) is 8.37. The van der Waals surface area contributed by atoms with Crippen LogP contribution in [0, 0.1) is 0 Å². The normalized spacial score (nSPS) is 66.9. The zero-order valence-corrected chi connectivity index (χ0v) is 21.3. The quantitative estimate of drug-likeness (QED) is 0.344. The Morgan fingerprint density at radius 2 is 0.966 bits per heavy atom. The maximum atomic E-state index is 11.8. The van der Waals surface area contributed by atoms with E-state index >= 15 is 0 Å². The van der Waals surface area contributed by atoms with Crippen LogP contribution in [0.1, 0.15) is 5.56 Å². The van der Waals surface area contributed by atoms with Gasteiger partial charge in [-0.1, -0.05) is 53.5 Å². The Bertz CT molecular complexity index is 931. The van der Waals surface area contributed by atoms with E-state index in [1.165, 1.54) is 0 Å². The Hall–Kier alpha value is 2.04. The summed E-state index contributed by atoms with van der Waals surface area (Å²) >= 11 is 69.0. The lowest BCUT2D eigenvalue weighted by atomic mass is 9.41. The second kappa shape index (κ2) is 4.88. The summed E-state index contributed by atoms with van der Waals surface area (Å²) in [5, 5.41) is 11.8. The zero-order valence-electron chi connectivity index (χ0n) is 13.7. The number of ether oxygens (including phenoxy) is 1. The van der Waals surface area contributed by atoms with E-state index in [0.717, 1.165) is 5.56 Å². The summed E-state index contributed by atoms with van der Waals surface area (Å²) in [4.78, 5) is -15.7. The van der Waals surface area contributed by atoms with Gasteiger partial charge in [0.15, 0.2) is 4.33 Å². The highest BCUT2D eigenvalue weighted by atomic mass is 35.5. The highest BCUT2D eigenvalue weighted by Gasteiger charge is 3.33. The van der Waals surface area contributed by atoms with Crippen molar-refractivity contribution in [2.75, 3.05) is 0 Å². The standard InChI is InChI=1S/C17H8Cl10O2/c18-8-9(19)13(23)11(21)10(20,12(8,22)16(13,26)27)14(8,24)17(28,15(9,11)25)29-6-7-4-2-1-3-5-7/h1-5,28H,6H2/t8-,9-,10-,11+,12?,13?,14?,15?,17?/m1/s1. The monoisotopic (exact) mass is 594 g/mol. The molecular formula is C17H8Cl10O2. The first kappa shape index (κ1) is 21.6. The lowest BCUT2D eigenvalue weighted by Gasteiger charge is -2.81. The van der Waals surface area contributed by atoms with E-state index in [2.05, 4.69) is 0 Å². The summed E-state index contributed by atoms with van der Waals surface area (Å²) in [5.41, 5.74) is 0.727. The molecule has 6 aliphatic rings. The van der Waals surface area contributed by atoms with Crippen molar-refractivity contribution in [3.05, 3.63) is 35.9 Å². The molecular weight excluding hydrogens is 591 g/mol. The van der Waals surface area contributed by atoms with Crippen LogP contribution in [0.4, 0.5) is 0 Å². The minimum absolute atomic E-state index is 0.0857. The molecule has 1 aromatic rings. The second-order valence-electron chi connectivity index (χ2n) is 8.26. The molecule has 1 aromatic carbocycles. The Balaban J connectivity index is 1.61. The number of benzene rings is 1. The Morgan fingerprint density at radius 3 is 1.34 bits per heavy atom. The van der Waals surface area contributed by atoms with Crippen molar-refractivity contribution in [3.63, 3.8) is 0 Å². The Kier molecular flexibility index (Phi) is 3.63. The predicted molar refractivity (Wildman–Crippen MR) is 119 cm³/mol. The van der Waals surface area contributed by atoms with Gasteiger partial charge < -0.3 is 9.84 Å². The number of rotatable bonds is 3. The molecule has 0 saturated heterocycles. The molecule has 0 heterocycles. The van der Waals surface area contributed by atoms with Gasteiger partial charge in [0, 0.05) is 0 Å². The molecule has 0 radical (unpaired) electrons. The van der Waals surface area contributed by atoms with Crippen molar-refractivity contribution in [1.82, 2.24) is 0 Å². The van der Waals surface area contributed by atoms with Crippen LogP contribution in [-0.2, 0) is 11.3 Å². The molecule has 4 bridgehead atoms. The van der Waals surface area contributed by atoms with Gasteiger partial charge in [0.2, 0.25) is 5.79 Å². The van der Waals surface area contributed by atoms with Gasteiger partial charge in [0.25, 0.3) is 0 Å². The summed E-state index contributed by atoms with van der Waals surface area (Å²) < 4.78 is 3.90. The fourth-order valence-electron chi connectivity index (χ4n) is 6.91. The molecule has 158 valence electrons. The van der Waals surface area contributed by atoms with Crippen molar-refractivity contribution >= 4 is 116 Å². The van der Waals surface area contributed by atoms with E-state index in [9.17, 15) is 5.11 Å². The average molecular weight is 599 g/mol. The summed E-state index contributed by atoms with van der Waals surface area (Å²) in [6.45, 7) is -0.0857. The van der Waals surface area contributed by atoms with Crippen LogP contribution in [0.25, 0.3) is 0 Å². The smallest absolute Gasteiger partial charge is 0.212 e. The number of alkyl halides is 10. The molecule has 6 aliphatic carbocycles. The number of hydrogen-bond acceptors (Lipinski definition) is 2. The second-order valence-corrected chi connectivity index (χ2v) is 14.1. The molecule has 9 atom stereocenters. The maximum absolute atomic E-state index is 11.8. The van der Waals surface area contributed by atoms with Crippen molar-refractivity contribution in [3.8, 4) is 0 Å². The van der Waals surface area contributed by atoms with Crippen LogP contribution in [0.2, 0.25) is 0 Å². The molecule has 12 heteroatoms. The van der Waals surface area contributed by atoms with E-state index in [-0.39, 0.29) is 6.61 Å². The minimum atomic E-state index is -2.41. The Morgan fingerprint density at radius 1 is 0.586 bits per heavy atom. The van der Waals surface area contributed by atoms with E-state index < -0.39 is 49.1 Å². The van der Waals surface area contributed by atoms with Crippen LogP contribution in [-0.4, -0.2) is 54.2 Å². The SMILES string of the molecule is OC1(OCc2ccccc2)C2(Cl)[C@]3(Cl)C4(Cl)C(Cl)(Cl)C5(Cl)[C@@]3(Cl)C1(Cl)[C@]5(Cl)[C@@]42Cl. The lowest BCUT2D eigenvalue weighted by Crippen LogP contribution is -3.03. The molecule has 0 aromatic heterocycles. The number of aliphatic hydroxyl groups is 1. The Labute approximate surface area is 215 Å². The number of hydrogen-bond donors (Lipinski definition) is 1. The average Bonchev–Trinajstić information content (AvgIpc) is 2.90. The van der Waals surface area contributed by atoms with Gasteiger partial charge in [-0.05, 0) is 5.56 Å². The topological polar surface area (TPSA) is 29.5 Å². The van der Waals surface area contributed by atoms with Crippen LogP contribution < -0.4 is 0 Å². The highest BCUT2D eigenvalue weighted by Crippen LogP contribution is 3.12. The largest absolute Gasteiger partial charge is 0.362 e. The third-order valence-corrected chi connectivity index (χ3v) is 17.1. The number of halogens is 10. The third kappa shape index (κ3) is 1.17. The zero-order chi connectivity index (χ0) is 21.5. The molecule has 29 heavy (non-hydrogen) atoms. The summed E-state index contributed by atoms with van der Waals surface area (Å²) in [6.07, 6.45) is 0. The van der Waals surface area contributed by atoms with Crippen molar-refractivity contribution < 1.29 is 9.84 Å². The predicted octanol–water partition coefficient (Wildman–Crippen LogP) is 5.95. The van der Waals surface area contributed by atoms with Gasteiger partial charge in [-0.2, -0.15) is 0 Å². The molecule has 6 fully saturated rings. The van der Waals surface area contributed by atoms with Crippen molar-refractivity contribution in [2.24, 2.45) is 0 Å². The van der Waals surface area contributed by atoms with Gasteiger partial charge in [-0.15, -0.1) is 92.8 Å². The highest BCUT2D eigenvalue weighted by molar-refractivity contribution is 6.78.